The number of rotatable bonds is 10. The van der Waals surface area contributed by atoms with E-state index < -0.39 is 11.9 Å². The van der Waals surface area contributed by atoms with Crippen molar-refractivity contribution in [2.45, 2.75) is 58.8 Å². The fourth-order valence-electron chi connectivity index (χ4n) is 3.66. The molecule has 6 nitrogen and oxygen atoms in total. The summed E-state index contributed by atoms with van der Waals surface area (Å²) in [4.78, 5) is 39.4. The zero-order chi connectivity index (χ0) is 22.1. The van der Waals surface area contributed by atoms with Gasteiger partial charge in [-0.15, -0.1) is 0 Å². The molecule has 7 heteroatoms. The number of nitrogens with one attached hydrogen (secondary N) is 1. The standard InChI is InChI=1S/C23H31ClN2O4/c1-4-6-7-8-12-25-20(27)15-26-16(3)22(23(29)30-5-2)19(14-21(26)28)17-10-9-11-18(24)13-17/h9-11,13,19H,4-8,12,14-15H2,1-3H3,(H,25,27). The summed E-state index contributed by atoms with van der Waals surface area (Å²) >= 11 is 6.12. The maximum Gasteiger partial charge on any atom is 0.336 e. The minimum atomic E-state index is -0.475. The third-order valence-corrected chi connectivity index (χ3v) is 5.46. The normalized spacial score (nSPS) is 16.6. The first-order chi connectivity index (χ1) is 14.4. The number of carbonyl (C=O) groups is 3. The van der Waals surface area contributed by atoms with E-state index in [4.69, 9.17) is 16.3 Å². The SMILES string of the molecule is CCCCCCNC(=O)CN1C(=O)CC(c2cccc(Cl)c2)C(C(=O)OCC)=C1C. The number of allylic oxidation sites excluding steroid dienone is 1. The summed E-state index contributed by atoms with van der Waals surface area (Å²) in [7, 11) is 0. The van der Waals surface area contributed by atoms with Crippen LogP contribution in [0.25, 0.3) is 0 Å². The number of carbonyl (C=O) groups excluding carboxylic acids is 3. The van der Waals surface area contributed by atoms with Crippen molar-refractivity contribution in [2.24, 2.45) is 0 Å². The number of hydrogen-bond acceptors (Lipinski definition) is 4. The van der Waals surface area contributed by atoms with Gasteiger partial charge in [-0.1, -0.05) is 49.9 Å². The zero-order valence-corrected chi connectivity index (χ0v) is 18.8. The molecule has 1 heterocycles. The number of nitrogens with zero attached hydrogens (tertiary/aromatic N) is 1. The first kappa shape index (κ1) is 23.9. The highest BCUT2D eigenvalue weighted by Crippen LogP contribution is 2.37. The van der Waals surface area contributed by atoms with Gasteiger partial charge < -0.3 is 15.0 Å². The van der Waals surface area contributed by atoms with Crippen LogP contribution < -0.4 is 5.32 Å². The minimum Gasteiger partial charge on any atom is -0.463 e. The summed E-state index contributed by atoms with van der Waals surface area (Å²) in [6.45, 7) is 6.26. The lowest BCUT2D eigenvalue weighted by Crippen LogP contribution is -2.44. The fourth-order valence-corrected chi connectivity index (χ4v) is 3.86. The van der Waals surface area contributed by atoms with Crippen LogP contribution in [0.1, 0.15) is 64.4 Å². The maximum atomic E-state index is 12.9. The summed E-state index contributed by atoms with van der Waals surface area (Å²) in [5, 5.41) is 3.39. The number of benzene rings is 1. The predicted octanol–water partition coefficient (Wildman–Crippen LogP) is 4.19. The molecule has 2 rings (SSSR count). The van der Waals surface area contributed by atoms with E-state index in [9.17, 15) is 14.4 Å². The van der Waals surface area contributed by atoms with Crippen LogP contribution in [0.3, 0.4) is 0 Å². The molecule has 1 aromatic carbocycles. The number of esters is 1. The third-order valence-electron chi connectivity index (χ3n) is 5.22. The van der Waals surface area contributed by atoms with Gasteiger partial charge in [0.15, 0.2) is 0 Å². The Morgan fingerprint density at radius 1 is 1.23 bits per heavy atom. The molecule has 0 saturated carbocycles. The smallest absolute Gasteiger partial charge is 0.336 e. The van der Waals surface area contributed by atoms with E-state index in [1.54, 1.807) is 32.0 Å². The van der Waals surface area contributed by atoms with Gasteiger partial charge in [0.25, 0.3) is 0 Å². The van der Waals surface area contributed by atoms with Crippen LogP contribution in [0, 0.1) is 0 Å². The van der Waals surface area contributed by atoms with Crippen LogP contribution >= 0.6 is 11.6 Å². The Labute approximate surface area is 183 Å². The predicted molar refractivity (Wildman–Crippen MR) is 117 cm³/mol. The maximum absolute atomic E-state index is 12.9. The second-order valence-electron chi connectivity index (χ2n) is 7.42. The Balaban J connectivity index is 2.22. The van der Waals surface area contributed by atoms with E-state index in [0.717, 1.165) is 31.2 Å². The van der Waals surface area contributed by atoms with Crippen LogP contribution in [0.15, 0.2) is 35.5 Å². The van der Waals surface area contributed by atoms with Crippen LogP contribution in [0.2, 0.25) is 5.02 Å². The van der Waals surface area contributed by atoms with Crippen molar-refractivity contribution in [3.8, 4) is 0 Å². The first-order valence-corrected chi connectivity index (χ1v) is 11.0. The van der Waals surface area contributed by atoms with E-state index in [1.165, 1.54) is 4.90 Å². The first-order valence-electron chi connectivity index (χ1n) is 10.6. The molecule has 2 amide bonds. The summed E-state index contributed by atoms with van der Waals surface area (Å²) in [5.74, 6) is -1.36. The van der Waals surface area contributed by atoms with Gasteiger partial charge in [0.2, 0.25) is 11.8 Å². The average Bonchev–Trinajstić information content (AvgIpc) is 2.70. The number of hydrogen-bond donors (Lipinski definition) is 1. The molecule has 1 aromatic rings. The quantitative estimate of drug-likeness (QED) is 0.442. The van der Waals surface area contributed by atoms with Crippen molar-refractivity contribution in [1.29, 1.82) is 0 Å². The molecule has 0 radical (unpaired) electrons. The van der Waals surface area contributed by atoms with Gasteiger partial charge >= 0.3 is 5.97 Å². The number of amides is 2. The van der Waals surface area contributed by atoms with Gasteiger partial charge in [-0.25, -0.2) is 4.79 Å². The van der Waals surface area contributed by atoms with E-state index in [0.29, 0.717) is 22.8 Å². The molecule has 1 aliphatic heterocycles. The molecule has 0 spiro atoms. The Hall–Kier alpha value is -2.34. The molecule has 0 aliphatic carbocycles. The van der Waals surface area contributed by atoms with Crippen molar-refractivity contribution in [2.75, 3.05) is 19.7 Å². The van der Waals surface area contributed by atoms with Gasteiger partial charge in [-0.05, 0) is 38.0 Å². The number of halogens is 1. The average molecular weight is 435 g/mol. The molecule has 1 N–H and O–H groups in total. The Bertz CT molecular complexity index is 806. The fraction of sp³-hybridized carbons (Fsp3) is 0.522. The summed E-state index contributed by atoms with van der Waals surface area (Å²) in [6.07, 6.45) is 4.32. The Kier molecular flexibility index (Phi) is 9.37. The molecular formula is C23H31ClN2O4. The van der Waals surface area contributed by atoms with Gasteiger partial charge in [0.05, 0.1) is 12.2 Å². The van der Waals surface area contributed by atoms with Crippen molar-refractivity contribution >= 4 is 29.4 Å². The molecule has 0 fully saturated rings. The molecule has 1 unspecified atom stereocenters. The highest BCUT2D eigenvalue weighted by atomic mass is 35.5. The van der Waals surface area contributed by atoms with Gasteiger partial charge in [-0.2, -0.15) is 0 Å². The number of ether oxygens (including phenoxy) is 1. The Morgan fingerprint density at radius 2 is 2.00 bits per heavy atom. The minimum absolute atomic E-state index is 0.0790. The van der Waals surface area contributed by atoms with Crippen LogP contribution in [-0.4, -0.2) is 42.4 Å². The zero-order valence-electron chi connectivity index (χ0n) is 18.0. The lowest BCUT2D eigenvalue weighted by Gasteiger charge is -2.34. The second-order valence-corrected chi connectivity index (χ2v) is 7.86. The lowest BCUT2D eigenvalue weighted by molar-refractivity contribution is -0.141. The second kappa shape index (κ2) is 11.7. The summed E-state index contributed by atoms with van der Waals surface area (Å²) in [5.41, 5.74) is 1.63. The molecule has 164 valence electrons. The van der Waals surface area contributed by atoms with E-state index in [-0.39, 0.29) is 31.4 Å². The largest absolute Gasteiger partial charge is 0.463 e. The lowest BCUT2D eigenvalue weighted by atomic mass is 9.83. The summed E-state index contributed by atoms with van der Waals surface area (Å²) < 4.78 is 5.26. The van der Waals surface area contributed by atoms with Crippen LogP contribution in [0.4, 0.5) is 0 Å². The third kappa shape index (κ3) is 6.33. The molecule has 0 bridgehead atoms. The molecule has 0 aromatic heterocycles. The molecule has 1 atom stereocenters. The summed E-state index contributed by atoms with van der Waals surface area (Å²) in [6, 6.07) is 7.13. The van der Waals surface area contributed by atoms with Gasteiger partial charge in [0.1, 0.15) is 6.54 Å². The van der Waals surface area contributed by atoms with E-state index in [1.807, 2.05) is 6.07 Å². The molecular weight excluding hydrogens is 404 g/mol. The van der Waals surface area contributed by atoms with Crippen molar-refractivity contribution in [3.05, 3.63) is 46.1 Å². The van der Waals surface area contributed by atoms with Crippen LogP contribution in [0.5, 0.6) is 0 Å². The van der Waals surface area contributed by atoms with Crippen molar-refractivity contribution in [1.82, 2.24) is 10.2 Å². The molecule has 0 saturated heterocycles. The highest BCUT2D eigenvalue weighted by molar-refractivity contribution is 6.30. The van der Waals surface area contributed by atoms with Gasteiger partial charge in [0, 0.05) is 29.6 Å². The van der Waals surface area contributed by atoms with Crippen molar-refractivity contribution in [3.63, 3.8) is 0 Å². The van der Waals surface area contributed by atoms with Gasteiger partial charge in [-0.3, -0.25) is 9.59 Å². The monoisotopic (exact) mass is 434 g/mol. The number of unbranched alkanes of at least 4 members (excludes halogenated alkanes) is 3. The van der Waals surface area contributed by atoms with E-state index >= 15 is 0 Å². The topological polar surface area (TPSA) is 75.7 Å². The highest BCUT2D eigenvalue weighted by Gasteiger charge is 2.37. The van der Waals surface area contributed by atoms with Crippen molar-refractivity contribution < 1.29 is 19.1 Å². The Morgan fingerprint density at radius 3 is 2.67 bits per heavy atom. The molecule has 1 aliphatic rings. The van der Waals surface area contributed by atoms with E-state index in [2.05, 4.69) is 12.2 Å². The van der Waals surface area contributed by atoms with Crippen LogP contribution in [-0.2, 0) is 19.1 Å². The molecule has 30 heavy (non-hydrogen) atoms.